The minimum Gasteiger partial charge on any atom is -0.497 e. The van der Waals surface area contributed by atoms with E-state index in [1.807, 2.05) is 18.2 Å². The first-order chi connectivity index (χ1) is 9.05. The lowest BCUT2D eigenvalue weighted by Gasteiger charge is -2.13. The van der Waals surface area contributed by atoms with Crippen LogP contribution >= 0.6 is 43.2 Å². The average molecular weight is 406 g/mol. The first-order valence-corrected chi connectivity index (χ1v) is 8.20. The van der Waals surface area contributed by atoms with E-state index in [4.69, 9.17) is 9.47 Å². The molecule has 0 N–H and O–H groups in total. The first-order valence-electron chi connectivity index (χ1n) is 5.68. The molecule has 0 aliphatic carbocycles. The lowest BCUT2D eigenvalue weighted by Crippen LogP contribution is -1.94. The van der Waals surface area contributed by atoms with Crippen LogP contribution in [0.15, 0.2) is 28.7 Å². The van der Waals surface area contributed by atoms with Gasteiger partial charge in [-0.3, -0.25) is 0 Å². The minimum atomic E-state index is 0.115. The summed E-state index contributed by atoms with van der Waals surface area (Å²) in [5.74, 6) is 1.59. The summed E-state index contributed by atoms with van der Waals surface area (Å²) in [6.07, 6.45) is 0. The van der Waals surface area contributed by atoms with Crippen molar-refractivity contribution >= 4 is 43.2 Å². The van der Waals surface area contributed by atoms with E-state index in [9.17, 15) is 0 Å². The maximum Gasteiger partial charge on any atom is 0.122 e. The van der Waals surface area contributed by atoms with E-state index in [-0.39, 0.29) is 4.83 Å². The van der Waals surface area contributed by atoms with Gasteiger partial charge in [-0.05, 0) is 46.6 Å². The number of hydrogen-bond acceptors (Lipinski definition) is 3. The van der Waals surface area contributed by atoms with Gasteiger partial charge in [-0.15, -0.1) is 11.3 Å². The Kier molecular flexibility index (Phi) is 4.92. The van der Waals surface area contributed by atoms with Crippen LogP contribution in [0.2, 0.25) is 0 Å². The SMILES string of the molecule is COc1cc(OC)cc(C(Br)c2sc(C)cc2Br)c1. The molecule has 0 aliphatic heterocycles. The van der Waals surface area contributed by atoms with Crippen LogP contribution in [-0.4, -0.2) is 14.2 Å². The highest BCUT2D eigenvalue weighted by Gasteiger charge is 2.18. The number of alkyl halides is 1. The zero-order chi connectivity index (χ0) is 14.0. The summed E-state index contributed by atoms with van der Waals surface area (Å²) in [6, 6.07) is 8.04. The topological polar surface area (TPSA) is 18.5 Å². The number of halogens is 2. The Hall–Kier alpha value is -0.520. The molecule has 1 unspecified atom stereocenters. The molecule has 0 amide bonds. The molecular formula is C14H14Br2O2S. The summed E-state index contributed by atoms with van der Waals surface area (Å²) in [6.45, 7) is 2.10. The molecule has 2 aromatic rings. The van der Waals surface area contributed by atoms with Gasteiger partial charge in [-0.25, -0.2) is 0 Å². The molecule has 0 fully saturated rings. The summed E-state index contributed by atoms with van der Waals surface area (Å²) in [7, 11) is 3.32. The van der Waals surface area contributed by atoms with E-state index < -0.39 is 0 Å². The van der Waals surface area contributed by atoms with Gasteiger partial charge in [0, 0.05) is 20.3 Å². The van der Waals surface area contributed by atoms with Crippen molar-refractivity contribution in [3.05, 3.63) is 44.1 Å². The van der Waals surface area contributed by atoms with Gasteiger partial charge in [0.25, 0.3) is 0 Å². The van der Waals surface area contributed by atoms with Crippen molar-refractivity contribution in [2.24, 2.45) is 0 Å². The number of methoxy groups -OCH3 is 2. The number of aryl methyl sites for hydroxylation is 1. The predicted molar refractivity (Wildman–Crippen MR) is 87.1 cm³/mol. The highest BCUT2D eigenvalue weighted by Crippen LogP contribution is 2.42. The Morgan fingerprint density at radius 2 is 1.63 bits per heavy atom. The number of thiophene rings is 1. The van der Waals surface area contributed by atoms with E-state index in [0.29, 0.717) is 0 Å². The van der Waals surface area contributed by atoms with Gasteiger partial charge in [-0.1, -0.05) is 15.9 Å². The normalized spacial score (nSPS) is 12.3. The maximum absolute atomic E-state index is 5.31. The summed E-state index contributed by atoms with van der Waals surface area (Å²) in [5.41, 5.74) is 1.11. The van der Waals surface area contributed by atoms with Crippen LogP contribution < -0.4 is 9.47 Å². The van der Waals surface area contributed by atoms with Gasteiger partial charge in [0.05, 0.1) is 19.0 Å². The van der Waals surface area contributed by atoms with Crippen LogP contribution in [0.1, 0.15) is 20.1 Å². The third-order valence-electron chi connectivity index (χ3n) is 2.73. The van der Waals surface area contributed by atoms with Crippen molar-refractivity contribution in [3.8, 4) is 11.5 Å². The van der Waals surface area contributed by atoms with Gasteiger partial charge in [0.15, 0.2) is 0 Å². The Morgan fingerprint density at radius 1 is 1.05 bits per heavy atom. The summed E-state index contributed by atoms with van der Waals surface area (Å²) < 4.78 is 11.7. The standard InChI is InChI=1S/C14H14Br2O2S/c1-8-4-12(15)14(19-8)13(16)9-5-10(17-2)7-11(6-9)18-3/h4-7,13H,1-3H3. The number of benzene rings is 1. The second kappa shape index (κ2) is 6.29. The number of ether oxygens (including phenoxy) is 2. The van der Waals surface area contributed by atoms with Gasteiger partial charge in [0.2, 0.25) is 0 Å². The van der Waals surface area contributed by atoms with Gasteiger partial charge in [0.1, 0.15) is 11.5 Å². The molecule has 19 heavy (non-hydrogen) atoms. The fourth-order valence-corrected chi connectivity index (χ4v) is 4.79. The molecule has 0 saturated heterocycles. The molecular weight excluding hydrogens is 392 g/mol. The zero-order valence-corrected chi connectivity index (χ0v) is 14.9. The lowest BCUT2D eigenvalue weighted by molar-refractivity contribution is 0.393. The van der Waals surface area contributed by atoms with E-state index in [0.717, 1.165) is 21.5 Å². The van der Waals surface area contributed by atoms with Crippen LogP contribution in [0.5, 0.6) is 11.5 Å². The molecule has 1 aromatic heterocycles. The van der Waals surface area contributed by atoms with E-state index in [2.05, 4.69) is 44.8 Å². The smallest absolute Gasteiger partial charge is 0.122 e. The van der Waals surface area contributed by atoms with E-state index in [1.165, 1.54) is 9.75 Å². The summed E-state index contributed by atoms with van der Waals surface area (Å²) in [4.78, 5) is 2.64. The summed E-state index contributed by atoms with van der Waals surface area (Å²) in [5, 5.41) is 0. The van der Waals surface area contributed by atoms with Crippen molar-refractivity contribution in [2.45, 2.75) is 11.8 Å². The third kappa shape index (κ3) is 3.33. The lowest BCUT2D eigenvalue weighted by atomic mass is 10.1. The molecule has 0 aliphatic rings. The quantitative estimate of drug-likeness (QED) is 0.640. The van der Waals surface area contributed by atoms with Gasteiger partial charge in [-0.2, -0.15) is 0 Å². The second-order valence-corrected chi connectivity index (χ2v) is 7.14. The Bertz CT molecular complexity index is 559. The average Bonchev–Trinajstić information content (AvgIpc) is 2.76. The molecule has 1 aromatic carbocycles. The molecule has 0 saturated carbocycles. The van der Waals surface area contributed by atoms with Crippen LogP contribution in [-0.2, 0) is 0 Å². The highest BCUT2D eigenvalue weighted by atomic mass is 79.9. The van der Waals surface area contributed by atoms with Crippen molar-refractivity contribution in [2.75, 3.05) is 14.2 Å². The van der Waals surface area contributed by atoms with E-state index in [1.54, 1.807) is 25.6 Å². The fraction of sp³-hybridized carbons (Fsp3) is 0.286. The van der Waals surface area contributed by atoms with E-state index >= 15 is 0 Å². The molecule has 2 nitrogen and oxygen atoms in total. The highest BCUT2D eigenvalue weighted by molar-refractivity contribution is 9.11. The van der Waals surface area contributed by atoms with Crippen LogP contribution in [0.3, 0.4) is 0 Å². The number of rotatable bonds is 4. The Balaban J connectivity index is 2.43. The minimum absolute atomic E-state index is 0.115. The Labute approximate surface area is 134 Å². The fourth-order valence-electron chi connectivity index (χ4n) is 1.80. The monoisotopic (exact) mass is 404 g/mol. The maximum atomic E-state index is 5.31. The molecule has 1 atom stereocenters. The summed E-state index contributed by atoms with van der Waals surface area (Å²) >= 11 is 9.13. The van der Waals surface area contributed by atoms with Crippen LogP contribution in [0.25, 0.3) is 0 Å². The predicted octanol–water partition coefficient (Wildman–Crippen LogP) is 5.32. The molecule has 102 valence electrons. The second-order valence-electron chi connectivity index (χ2n) is 4.08. The van der Waals surface area contributed by atoms with Crippen molar-refractivity contribution in [1.29, 1.82) is 0 Å². The molecule has 5 heteroatoms. The van der Waals surface area contributed by atoms with Crippen LogP contribution in [0.4, 0.5) is 0 Å². The zero-order valence-electron chi connectivity index (χ0n) is 10.9. The Morgan fingerprint density at radius 3 is 2.05 bits per heavy atom. The van der Waals surface area contributed by atoms with Crippen molar-refractivity contribution in [3.63, 3.8) is 0 Å². The van der Waals surface area contributed by atoms with Crippen molar-refractivity contribution < 1.29 is 9.47 Å². The number of hydrogen-bond donors (Lipinski definition) is 0. The van der Waals surface area contributed by atoms with Gasteiger partial charge < -0.3 is 9.47 Å². The van der Waals surface area contributed by atoms with Crippen molar-refractivity contribution in [1.82, 2.24) is 0 Å². The largest absolute Gasteiger partial charge is 0.497 e. The molecule has 1 heterocycles. The molecule has 0 spiro atoms. The molecule has 0 bridgehead atoms. The first kappa shape index (κ1) is 14.9. The van der Waals surface area contributed by atoms with Crippen LogP contribution in [0, 0.1) is 6.92 Å². The molecule has 2 rings (SSSR count). The van der Waals surface area contributed by atoms with Gasteiger partial charge >= 0.3 is 0 Å². The third-order valence-corrected chi connectivity index (χ3v) is 6.06. The molecule has 0 radical (unpaired) electrons.